The van der Waals surface area contributed by atoms with Gasteiger partial charge in [-0.3, -0.25) is 23.6 Å². The molecule has 1 aromatic carbocycles. The molecule has 4 amide bonds. The van der Waals surface area contributed by atoms with Crippen molar-refractivity contribution in [2.45, 2.75) is 32.9 Å². The van der Waals surface area contributed by atoms with Gasteiger partial charge in [0.15, 0.2) is 4.96 Å². The van der Waals surface area contributed by atoms with Gasteiger partial charge >= 0.3 is 0 Å². The number of carbonyl (C=O) groups excluding carboxylic acids is 4. The van der Waals surface area contributed by atoms with E-state index in [2.05, 4.69) is 20.9 Å². The zero-order valence-corrected chi connectivity index (χ0v) is 22.1. The lowest BCUT2D eigenvalue weighted by molar-refractivity contribution is -0.125. The Balaban J connectivity index is 1.58. The largest absolute Gasteiger partial charge is 0.491 e. The van der Waals surface area contributed by atoms with Crippen LogP contribution in [-0.2, 0) is 9.59 Å². The van der Waals surface area contributed by atoms with Gasteiger partial charge in [-0.2, -0.15) is 0 Å². The minimum absolute atomic E-state index is 0.00571. The van der Waals surface area contributed by atoms with E-state index in [-0.39, 0.29) is 38.3 Å². The van der Waals surface area contributed by atoms with Crippen molar-refractivity contribution in [1.29, 1.82) is 0 Å². The first kappa shape index (κ1) is 27.1. The van der Waals surface area contributed by atoms with E-state index in [9.17, 15) is 24.3 Å². The third kappa shape index (κ3) is 5.94. The lowest BCUT2D eigenvalue weighted by Gasteiger charge is -2.24. The minimum atomic E-state index is -1.24. The van der Waals surface area contributed by atoms with E-state index in [1.54, 1.807) is 35.7 Å². The molecule has 0 fully saturated rings. The second-order valence-corrected chi connectivity index (χ2v) is 9.86. The Morgan fingerprint density at radius 2 is 2.00 bits per heavy atom. The number of nitrogens with one attached hydrogen (secondary N) is 3. The highest BCUT2D eigenvalue weighted by molar-refractivity contribution is 7.15. The van der Waals surface area contributed by atoms with Gasteiger partial charge in [0.25, 0.3) is 11.8 Å². The van der Waals surface area contributed by atoms with E-state index in [1.807, 2.05) is 12.3 Å². The van der Waals surface area contributed by atoms with Crippen molar-refractivity contribution in [3.8, 4) is 5.75 Å². The molecule has 0 aliphatic carbocycles. The summed E-state index contributed by atoms with van der Waals surface area (Å²) in [6, 6.07) is 3.61. The number of hydrogen-bond donors (Lipinski definition) is 4. The van der Waals surface area contributed by atoms with Crippen LogP contribution in [0, 0.1) is 13.8 Å². The van der Waals surface area contributed by atoms with Gasteiger partial charge in [0, 0.05) is 30.2 Å². The summed E-state index contributed by atoms with van der Waals surface area (Å²) in [7, 11) is 0. The molecule has 0 saturated carbocycles. The van der Waals surface area contributed by atoms with Crippen molar-refractivity contribution in [2.75, 3.05) is 32.8 Å². The molecule has 1 aliphatic heterocycles. The highest BCUT2D eigenvalue weighted by atomic mass is 32.1. The third-order valence-electron chi connectivity index (χ3n) is 6.13. The normalized spacial score (nSPS) is 18.7. The van der Waals surface area contributed by atoms with Crippen LogP contribution in [0.25, 0.3) is 4.96 Å². The molecule has 202 valence electrons. The summed E-state index contributed by atoms with van der Waals surface area (Å²) in [5.74, 6) is -1.55. The number of aliphatic hydroxyl groups is 1. The van der Waals surface area contributed by atoms with Crippen molar-refractivity contribution >= 4 is 39.9 Å². The molecule has 2 aromatic heterocycles. The van der Waals surface area contributed by atoms with Gasteiger partial charge in [0.05, 0.1) is 24.9 Å². The molecule has 0 unspecified atom stereocenters. The number of imidazole rings is 1. The number of amides is 4. The molecular weight excluding hydrogens is 512 g/mol. The maximum Gasteiger partial charge on any atom is 0.273 e. The summed E-state index contributed by atoms with van der Waals surface area (Å²) in [6.45, 7) is 4.99. The lowest BCUT2D eigenvalue weighted by atomic mass is 10.1. The number of aryl methyl sites for hydroxylation is 2. The number of carbonyl (C=O) groups is 4. The first-order valence-corrected chi connectivity index (χ1v) is 13.0. The molecule has 3 heterocycles. The number of nitrogens with zero attached hydrogens (tertiary/aromatic N) is 3. The zero-order valence-electron chi connectivity index (χ0n) is 21.3. The standard InChI is InChI=1S/C25H30N6O6S/c1-14-4-5-17-12-18(14)37-10-7-26-19(33)13-30(8-6-27-23(35)20(16(3)32)29-22(17)34)24(36)21-15(2)28-25-31(21)9-11-38-25/h4-5,9,11-12,16,20,32H,6-8,10,13H2,1-3H3,(H,26,33)(H,27,35)(H,29,34)/t16-,20+/m1/s1. The van der Waals surface area contributed by atoms with Gasteiger partial charge in [-0.1, -0.05) is 6.07 Å². The molecule has 12 nitrogen and oxygen atoms in total. The van der Waals surface area contributed by atoms with Gasteiger partial charge in [-0.05, 0) is 38.5 Å². The second kappa shape index (κ2) is 11.6. The average molecular weight is 543 g/mol. The molecule has 0 radical (unpaired) electrons. The fourth-order valence-electron chi connectivity index (χ4n) is 4.09. The SMILES string of the molecule is Cc1ccc2cc1OCCNC(=O)CN(C(=O)c1c(C)nc3sccn13)CCNC(=O)[C@H]([C@@H](C)O)NC2=O. The molecular formula is C25H30N6O6S. The van der Waals surface area contributed by atoms with E-state index in [0.29, 0.717) is 22.1 Å². The van der Waals surface area contributed by atoms with E-state index < -0.39 is 35.8 Å². The highest BCUT2D eigenvalue weighted by Gasteiger charge is 2.28. The summed E-state index contributed by atoms with van der Waals surface area (Å²) in [5.41, 5.74) is 1.89. The fraction of sp³-hybridized carbons (Fsp3) is 0.400. The van der Waals surface area contributed by atoms with Crippen LogP contribution in [0.5, 0.6) is 5.75 Å². The van der Waals surface area contributed by atoms with Gasteiger partial charge in [0.1, 0.15) is 24.1 Å². The molecule has 2 bridgehead atoms. The Morgan fingerprint density at radius 3 is 2.76 bits per heavy atom. The highest BCUT2D eigenvalue weighted by Crippen LogP contribution is 2.20. The summed E-state index contributed by atoms with van der Waals surface area (Å²) in [6.07, 6.45) is 0.547. The van der Waals surface area contributed by atoms with Crippen LogP contribution >= 0.6 is 11.3 Å². The lowest BCUT2D eigenvalue weighted by Crippen LogP contribution is -2.53. The van der Waals surface area contributed by atoms with E-state index in [4.69, 9.17) is 4.74 Å². The van der Waals surface area contributed by atoms with Gasteiger partial charge < -0.3 is 30.7 Å². The molecule has 13 heteroatoms. The number of ether oxygens (including phenoxy) is 1. The maximum absolute atomic E-state index is 13.5. The fourth-order valence-corrected chi connectivity index (χ4v) is 4.84. The van der Waals surface area contributed by atoms with Crippen molar-refractivity contribution < 1.29 is 29.0 Å². The monoisotopic (exact) mass is 542 g/mol. The number of aromatic nitrogens is 2. The van der Waals surface area contributed by atoms with E-state index in [0.717, 1.165) is 5.56 Å². The molecule has 4 rings (SSSR count). The van der Waals surface area contributed by atoms with Crippen LogP contribution in [-0.4, -0.2) is 88.0 Å². The Kier molecular flexibility index (Phi) is 8.27. The number of fused-ring (bicyclic) bond motifs is 3. The molecule has 38 heavy (non-hydrogen) atoms. The smallest absolute Gasteiger partial charge is 0.273 e. The summed E-state index contributed by atoms with van der Waals surface area (Å²) in [5, 5.41) is 20.0. The number of hydrogen-bond acceptors (Lipinski definition) is 8. The van der Waals surface area contributed by atoms with Crippen molar-refractivity contribution in [3.05, 3.63) is 52.3 Å². The van der Waals surface area contributed by atoms with Crippen molar-refractivity contribution in [2.24, 2.45) is 0 Å². The van der Waals surface area contributed by atoms with Crippen LogP contribution in [0.15, 0.2) is 29.8 Å². The summed E-state index contributed by atoms with van der Waals surface area (Å²) in [4.78, 5) is 58.4. The van der Waals surface area contributed by atoms with Crippen LogP contribution in [0.1, 0.15) is 39.0 Å². The summed E-state index contributed by atoms with van der Waals surface area (Å²) < 4.78 is 7.44. The topological polar surface area (TPSA) is 154 Å². The Bertz CT molecular complexity index is 1370. The van der Waals surface area contributed by atoms with Crippen LogP contribution in [0.3, 0.4) is 0 Å². The van der Waals surface area contributed by atoms with Crippen molar-refractivity contribution in [1.82, 2.24) is 30.2 Å². The van der Waals surface area contributed by atoms with Gasteiger partial charge in [-0.25, -0.2) is 4.98 Å². The zero-order chi connectivity index (χ0) is 27.4. The van der Waals surface area contributed by atoms with Gasteiger partial charge in [0.2, 0.25) is 11.8 Å². The Morgan fingerprint density at radius 1 is 1.21 bits per heavy atom. The molecule has 0 saturated heterocycles. The molecule has 1 aliphatic rings. The molecule has 2 atom stereocenters. The minimum Gasteiger partial charge on any atom is -0.491 e. The van der Waals surface area contributed by atoms with Gasteiger partial charge in [-0.15, -0.1) is 11.3 Å². The second-order valence-electron chi connectivity index (χ2n) is 8.99. The maximum atomic E-state index is 13.5. The quantitative estimate of drug-likeness (QED) is 0.362. The third-order valence-corrected chi connectivity index (χ3v) is 6.88. The van der Waals surface area contributed by atoms with Crippen molar-refractivity contribution in [3.63, 3.8) is 0 Å². The van der Waals surface area contributed by atoms with Crippen LogP contribution in [0.2, 0.25) is 0 Å². The number of aliphatic hydroxyl groups excluding tert-OH is 1. The van der Waals surface area contributed by atoms with E-state index >= 15 is 0 Å². The number of thiazole rings is 1. The first-order chi connectivity index (χ1) is 18.2. The number of rotatable bonds is 2. The predicted octanol–water partition coefficient (Wildman–Crippen LogP) is 0.259. The summed E-state index contributed by atoms with van der Waals surface area (Å²) >= 11 is 1.39. The first-order valence-electron chi connectivity index (χ1n) is 12.1. The Labute approximate surface area is 223 Å². The van der Waals surface area contributed by atoms with E-state index in [1.165, 1.54) is 23.2 Å². The van der Waals surface area contributed by atoms with Crippen LogP contribution < -0.4 is 20.7 Å². The average Bonchev–Trinajstić information content (AvgIpc) is 3.44. The Hall–Kier alpha value is -3.97. The molecule has 4 N–H and O–H groups in total. The number of benzene rings is 1. The predicted molar refractivity (Wildman–Crippen MR) is 139 cm³/mol. The molecule has 0 spiro atoms. The van der Waals surface area contributed by atoms with Crippen LogP contribution in [0.4, 0.5) is 0 Å². The molecule has 3 aromatic rings.